The van der Waals surface area contributed by atoms with Crippen molar-refractivity contribution in [1.29, 1.82) is 0 Å². The van der Waals surface area contributed by atoms with Crippen molar-refractivity contribution in [2.24, 2.45) is 11.1 Å². The van der Waals surface area contributed by atoms with E-state index in [4.69, 9.17) is 5.73 Å². The molecule has 2 N–H and O–H groups in total. The maximum atomic E-state index is 12.5. The first-order valence-corrected chi connectivity index (χ1v) is 7.20. The van der Waals surface area contributed by atoms with Crippen LogP contribution in [-0.2, 0) is 4.79 Å². The van der Waals surface area contributed by atoms with Crippen molar-refractivity contribution < 1.29 is 4.79 Å². The van der Waals surface area contributed by atoms with Crippen LogP contribution in [0.5, 0.6) is 0 Å². The minimum atomic E-state index is -0.106. The molecular formula is C16H23ClN2O. The summed E-state index contributed by atoms with van der Waals surface area (Å²) in [4.78, 5) is 14.5. The second-order valence-corrected chi connectivity index (χ2v) is 6.31. The molecule has 0 radical (unpaired) electrons. The van der Waals surface area contributed by atoms with E-state index in [0.29, 0.717) is 12.5 Å². The first-order chi connectivity index (χ1) is 9.10. The van der Waals surface area contributed by atoms with E-state index >= 15 is 0 Å². The fraction of sp³-hybridized carbons (Fsp3) is 0.562. The van der Waals surface area contributed by atoms with Gasteiger partial charge in [0.05, 0.1) is 0 Å². The van der Waals surface area contributed by atoms with Crippen LogP contribution in [0.3, 0.4) is 0 Å². The fourth-order valence-corrected chi connectivity index (χ4v) is 3.35. The summed E-state index contributed by atoms with van der Waals surface area (Å²) in [6.45, 7) is 3.58. The van der Waals surface area contributed by atoms with Gasteiger partial charge in [-0.3, -0.25) is 4.79 Å². The number of amides is 1. The third kappa shape index (κ3) is 2.57. The van der Waals surface area contributed by atoms with Crippen LogP contribution in [0.2, 0.25) is 0 Å². The van der Waals surface area contributed by atoms with Gasteiger partial charge in [-0.2, -0.15) is 0 Å². The number of hydrogen-bond acceptors (Lipinski definition) is 2. The predicted molar refractivity (Wildman–Crippen MR) is 82.9 cm³/mol. The van der Waals surface area contributed by atoms with Gasteiger partial charge in [0, 0.05) is 30.5 Å². The Kier molecular flexibility index (Phi) is 4.40. The molecule has 0 unspecified atom stereocenters. The molecule has 3 rings (SSSR count). The maximum Gasteiger partial charge on any atom is 0.228 e. The Morgan fingerprint density at radius 1 is 1.25 bits per heavy atom. The molecule has 1 heterocycles. The summed E-state index contributed by atoms with van der Waals surface area (Å²) in [5, 5.41) is 0. The Balaban J connectivity index is 0.00000147. The lowest BCUT2D eigenvalue weighted by Crippen LogP contribution is -2.45. The third-order valence-corrected chi connectivity index (χ3v) is 4.85. The molecule has 1 aliphatic heterocycles. The van der Waals surface area contributed by atoms with Gasteiger partial charge in [-0.25, -0.2) is 0 Å². The highest BCUT2D eigenvalue weighted by atomic mass is 35.5. The molecule has 1 saturated heterocycles. The SMILES string of the molecule is CC1(C(=O)N2C[C@@H](N)[C@H](c3ccccc3)C2)CCC1.Cl. The summed E-state index contributed by atoms with van der Waals surface area (Å²) < 4.78 is 0. The van der Waals surface area contributed by atoms with Crippen LogP contribution in [0.25, 0.3) is 0 Å². The molecule has 1 aromatic rings. The van der Waals surface area contributed by atoms with E-state index in [1.54, 1.807) is 0 Å². The first kappa shape index (κ1) is 15.3. The number of halogens is 1. The summed E-state index contributed by atoms with van der Waals surface area (Å²) >= 11 is 0. The van der Waals surface area contributed by atoms with Gasteiger partial charge in [-0.15, -0.1) is 12.4 Å². The lowest BCUT2D eigenvalue weighted by atomic mass is 9.69. The molecule has 110 valence electrons. The molecule has 0 spiro atoms. The lowest BCUT2D eigenvalue weighted by Gasteiger charge is -2.39. The van der Waals surface area contributed by atoms with E-state index in [1.165, 1.54) is 12.0 Å². The summed E-state index contributed by atoms with van der Waals surface area (Å²) in [7, 11) is 0. The van der Waals surface area contributed by atoms with Gasteiger partial charge < -0.3 is 10.6 Å². The van der Waals surface area contributed by atoms with Crippen molar-refractivity contribution in [3.8, 4) is 0 Å². The zero-order valence-corrected chi connectivity index (χ0v) is 12.7. The van der Waals surface area contributed by atoms with Crippen molar-refractivity contribution >= 4 is 18.3 Å². The molecule has 1 saturated carbocycles. The number of nitrogens with zero attached hydrogens (tertiary/aromatic N) is 1. The van der Waals surface area contributed by atoms with Gasteiger partial charge in [0.25, 0.3) is 0 Å². The smallest absolute Gasteiger partial charge is 0.228 e. The van der Waals surface area contributed by atoms with E-state index in [1.807, 2.05) is 23.1 Å². The summed E-state index contributed by atoms with van der Waals surface area (Å²) in [6, 6.07) is 10.4. The van der Waals surface area contributed by atoms with Crippen LogP contribution in [0.15, 0.2) is 30.3 Å². The highest BCUT2D eigenvalue weighted by molar-refractivity contribution is 5.85. The van der Waals surface area contributed by atoms with Crippen LogP contribution in [-0.4, -0.2) is 29.9 Å². The molecule has 0 aromatic heterocycles. The van der Waals surface area contributed by atoms with Crippen LogP contribution in [0.4, 0.5) is 0 Å². The minimum absolute atomic E-state index is 0. The third-order valence-electron chi connectivity index (χ3n) is 4.85. The van der Waals surface area contributed by atoms with Crippen molar-refractivity contribution in [2.75, 3.05) is 13.1 Å². The van der Waals surface area contributed by atoms with Gasteiger partial charge in [-0.05, 0) is 18.4 Å². The van der Waals surface area contributed by atoms with Gasteiger partial charge in [0.1, 0.15) is 0 Å². The number of carbonyl (C=O) groups excluding carboxylic acids is 1. The number of carbonyl (C=O) groups is 1. The lowest BCUT2D eigenvalue weighted by molar-refractivity contribution is -0.144. The average Bonchev–Trinajstić information content (AvgIpc) is 2.78. The van der Waals surface area contributed by atoms with Crippen LogP contribution >= 0.6 is 12.4 Å². The van der Waals surface area contributed by atoms with E-state index < -0.39 is 0 Å². The largest absolute Gasteiger partial charge is 0.340 e. The number of hydrogen-bond donors (Lipinski definition) is 1. The molecule has 1 aromatic carbocycles. The second kappa shape index (κ2) is 5.74. The monoisotopic (exact) mass is 294 g/mol. The minimum Gasteiger partial charge on any atom is -0.340 e. The van der Waals surface area contributed by atoms with Gasteiger partial charge >= 0.3 is 0 Å². The normalized spacial score (nSPS) is 27.6. The topological polar surface area (TPSA) is 46.3 Å². The summed E-state index contributed by atoms with van der Waals surface area (Å²) in [6.07, 6.45) is 3.26. The zero-order chi connectivity index (χ0) is 13.5. The van der Waals surface area contributed by atoms with Crippen molar-refractivity contribution in [1.82, 2.24) is 4.90 Å². The Bertz CT molecular complexity index is 473. The number of likely N-dealkylation sites (tertiary alicyclic amines) is 1. The van der Waals surface area contributed by atoms with Crippen LogP contribution < -0.4 is 5.73 Å². The van der Waals surface area contributed by atoms with Crippen molar-refractivity contribution in [3.05, 3.63) is 35.9 Å². The molecule has 20 heavy (non-hydrogen) atoms. The Hall–Kier alpha value is -1.06. The highest BCUT2D eigenvalue weighted by Crippen LogP contribution is 2.43. The van der Waals surface area contributed by atoms with Crippen molar-refractivity contribution in [2.45, 2.75) is 38.1 Å². The Morgan fingerprint density at radius 3 is 2.45 bits per heavy atom. The quantitative estimate of drug-likeness (QED) is 0.911. The van der Waals surface area contributed by atoms with E-state index in [2.05, 4.69) is 19.1 Å². The van der Waals surface area contributed by atoms with Crippen molar-refractivity contribution in [3.63, 3.8) is 0 Å². The van der Waals surface area contributed by atoms with Gasteiger partial charge in [-0.1, -0.05) is 43.7 Å². The molecule has 2 fully saturated rings. The predicted octanol–water partition coefficient (Wildman–Crippen LogP) is 2.55. The number of rotatable bonds is 2. The van der Waals surface area contributed by atoms with Gasteiger partial charge in [0.15, 0.2) is 0 Å². The number of benzene rings is 1. The standard InChI is InChI=1S/C16H22N2O.ClH/c1-16(8-5-9-16)15(19)18-10-13(14(17)11-18)12-6-3-2-4-7-12;/h2-4,6-7,13-14H,5,8-11,17H2,1H3;1H/t13-,14+;/m0./s1. The van der Waals surface area contributed by atoms with E-state index in [9.17, 15) is 4.79 Å². The van der Waals surface area contributed by atoms with Crippen LogP contribution in [0, 0.1) is 5.41 Å². The first-order valence-electron chi connectivity index (χ1n) is 7.20. The molecule has 2 aliphatic rings. The Labute approximate surface area is 126 Å². The molecule has 3 nitrogen and oxygen atoms in total. The molecule has 1 amide bonds. The molecule has 1 aliphatic carbocycles. The highest BCUT2D eigenvalue weighted by Gasteiger charge is 2.45. The van der Waals surface area contributed by atoms with Crippen LogP contribution in [0.1, 0.15) is 37.7 Å². The van der Waals surface area contributed by atoms with Gasteiger partial charge in [0.2, 0.25) is 5.91 Å². The zero-order valence-electron chi connectivity index (χ0n) is 11.9. The van der Waals surface area contributed by atoms with E-state index in [-0.39, 0.29) is 29.8 Å². The Morgan fingerprint density at radius 2 is 1.90 bits per heavy atom. The molecule has 4 heteroatoms. The molecule has 2 atom stereocenters. The second-order valence-electron chi connectivity index (χ2n) is 6.31. The summed E-state index contributed by atoms with van der Waals surface area (Å²) in [5.41, 5.74) is 7.40. The molecule has 0 bridgehead atoms. The maximum absolute atomic E-state index is 12.5. The summed E-state index contributed by atoms with van der Waals surface area (Å²) in [5.74, 6) is 0.599. The number of nitrogens with two attached hydrogens (primary N) is 1. The average molecular weight is 295 g/mol. The van der Waals surface area contributed by atoms with E-state index in [0.717, 1.165) is 19.4 Å². The molecular weight excluding hydrogens is 272 g/mol. The fourth-order valence-electron chi connectivity index (χ4n) is 3.35.